The van der Waals surface area contributed by atoms with Crippen LogP contribution in [0.4, 0.5) is 0 Å². The van der Waals surface area contributed by atoms with Crippen molar-refractivity contribution < 1.29 is 34.0 Å². The van der Waals surface area contributed by atoms with Crippen LogP contribution in [-0.2, 0) is 20.7 Å². The van der Waals surface area contributed by atoms with E-state index in [2.05, 4.69) is 25.2 Å². The van der Waals surface area contributed by atoms with E-state index in [4.69, 9.17) is 14.2 Å². The molecule has 2 aliphatic rings. The molecule has 3 N–H and O–H groups in total. The highest BCUT2D eigenvalue weighted by atomic mass is 16.5. The molecule has 2 aromatic rings. The number of esters is 1. The second kappa shape index (κ2) is 16.2. The van der Waals surface area contributed by atoms with Crippen LogP contribution < -0.4 is 14.8 Å². The molecule has 4 rings (SSSR count). The van der Waals surface area contributed by atoms with Gasteiger partial charge in [0.2, 0.25) is 0 Å². The van der Waals surface area contributed by atoms with E-state index >= 15 is 0 Å². The van der Waals surface area contributed by atoms with Crippen molar-refractivity contribution in [2.75, 3.05) is 27.3 Å². The number of phenolic OH excluding ortho intramolecular Hbond substituents is 2. The molecule has 4 atom stereocenters. The van der Waals surface area contributed by atoms with Gasteiger partial charge in [0.05, 0.1) is 14.2 Å². The van der Waals surface area contributed by atoms with Crippen molar-refractivity contribution in [1.82, 2.24) is 5.32 Å². The Morgan fingerprint density at radius 3 is 2.42 bits per heavy atom. The van der Waals surface area contributed by atoms with Gasteiger partial charge in [-0.2, -0.15) is 0 Å². The lowest BCUT2D eigenvalue weighted by atomic mass is 9.69. The minimum absolute atomic E-state index is 0.0453. The molecular formula is C37H51NO7. The molecule has 2 aliphatic carbocycles. The van der Waals surface area contributed by atoms with Crippen LogP contribution in [0, 0.1) is 17.8 Å². The van der Waals surface area contributed by atoms with Crippen LogP contribution in [0.3, 0.4) is 0 Å². The van der Waals surface area contributed by atoms with E-state index in [0.717, 1.165) is 55.3 Å². The topological polar surface area (TPSA) is 114 Å². The first kappa shape index (κ1) is 34.4. The lowest BCUT2D eigenvalue weighted by molar-refractivity contribution is -0.147. The van der Waals surface area contributed by atoms with Crippen molar-refractivity contribution in [3.05, 3.63) is 53.1 Å². The Hall–Kier alpha value is -3.52. The number of aryl methyl sites for hydroxylation is 1. The third kappa shape index (κ3) is 9.25. The van der Waals surface area contributed by atoms with Gasteiger partial charge in [-0.3, -0.25) is 9.59 Å². The summed E-state index contributed by atoms with van der Waals surface area (Å²) in [7, 11) is 3.06. The summed E-state index contributed by atoms with van der Waals surface area (Å²) in [5.74, 6) is 1.79. The van der Waals surface area contributed by atoms with Crippen LogP contribution in [0.15, 0.2) is 36.4 Å². The summed E-state index contributed by atoms with van der Waals surface area (Å²) < 4.78 is 16.4. The fourth-order valence-corrected chi connectivity index (χ4v) is 7.06. The summed E-state index contributed by atoms with van der Waals surface area (Å²) in [4.78, 5) is 25.9. The first-order valence-electron chi connectivity index (χ1n) is 16.5. The van der Waals surface area contributed by atoms with Gasteiger partial charge in [0.15, 0.2) is 23.0 Å². The number of aromatic hydroxyl groups is 2. The van der Waals surface area contributed by atoms with E-state index in [9.17, 15) is 19.8 Å². The van der Waals surface area contributed by atoms with Gasteiger partial charge in [-0.15, -0.1) is 0 Å². The number of phenols is 2. The van der Waals surface area contributed by atoms with Crippen molar-refractivity contribution in [2.24, 2.45) is 17.8 Å². The van der Waals surface area contributed by atoms with Gasteiger partial charge in [0.1, 0.15) is 11.9 Å². The van der Waals surface area contributed by atoms with Gasteiger partial charge in [0, 0.05) is 26.3 Å². The Labute approximate surface area is 268 Å². The maximum atomic E-state index is 13.9. The van der Waals surface area contributed by atoms with Gasteiger partial charge in [-0.05, 0) is 109 Å². The molecule has 0 amide bonds. The molecular weight excluding hydrogens is 570 g/mol. The average molecular weight is 622 g/mol. The molecule has 0 unspecified atom stereocenters. The standard InChI is InChI=1S/C37H51NO7/c1-23(2)14-15-38-22-27-17-26-8-6-7-9-30(26)32(33-21-37(44-5)35(42)20-31(27)33)19-28(40)18-29(45-24(3)39)12-10-25-11-13-34(41)36(16-25)43-4/h11,13,16-17,20-21,23,26,29-30,32,38,41-42H,6-10,12,14-15,18-19,22H2,1-5H3/t26-,29-,30+,32-/m1/s1. The number of rotatable bonds is 15. The predicted octanol–water partition coefficient (Wildman–Crippen LogP) is 6.95. The van der Waals surface area contributed by atoms with E-state index in [1.54, 1.807) is 25.3 Å². The second-order valence-electron chi connectivity index (χ2n) is 13.1. The number of carbonyl (C=O) groups excluding carboxylic acids is 2. The molecule has 0 aliphatic heterocycles. The summed E-state index contributed by atoms with van der Waals surface area (Å²) in [6.07, 6.45) is 8.81. The predicted molar refractivity (Wildman–Crippen MR) is 176 cm³/mol. The van der Waals surface area contributed by atoms with Crippen LogP contribution in [0.2, 0.25) is 0 Å². The zero-order valence-corrected chi connectivity index (χ0v) is 27.6. The minimum Gasteiger partial charge on any atom is -0.504 e. The smallest absolute Gasteiger partial charge is 0.302 e. The molecule has 0 saturated heterocycles. The normalized spacial score (nSPS) is 20.0. The molecule has 0 radical (unpaired) electrons. The quantitative estimate of drug-likeness (QED) is 0.145. The number of methoxy groups -OCH3 is 2. The Morgan fingerprint density at radius 2 is 1.71 bits per heavy atom. The van der Waals surface area contributed by atoms with Crippen molar-refractivity contribution >= 4 is 17.3 Å². The average Bonchev–Trinajstić information content (AvgIpc) is 3.12. The highest BCUT2D eigenvalue weighted by Gasteiger charge is 2.38. The fourth-order valence-electron chi connectivity index (χ4n) is 7.06. The molecule has 45 heavy (non-hydrogen) atoms. The number of ether oxygens (including phenoxy) is 3. The van der Waals surface area contributed by atoms with Gasteiger partial charge in [0.25, 0.3) is 0 Å². The Balaban J connectivity index is 1.58. The number of nitrogens with one attached hydrogen (secondary N) is 1. The minimum atomic E-state index is -0.560. The number of benzene rings is 2. The maximum absolute atomic E-state index is 13.9. The van der Waals surface area contributed by atoms with Crippen molar-refractivity contribution in [2.45, 2.75) is 90.6 Å². The highest BCUT2D eigenvalue weighted by molar-refractivity contribution is 5.82. The second-order valence-corrected chi connectivity index (χ2v) is 13.1. The molecule has 1 saturated carbocycles. The lowest BCUT2D eigenvalue weighted by Gasteiger charge is -2.35. The van der Waals surface area contributed by atoms with Gasteiger partial charge in [-0.25, -0.2) is 0 Å². The summed E-state index contributed by atoms with van der Waals surface area (Å²) in [5.41, 5.74) is 4.12. The van der Waals surface area contributed by atoms with Crippen LogP contribution in [-0.4, -0.2) is 55.4 Å². The van der Waals surface area contributed by atoms with Gasteiger partial charge < -0.3 is 29.7 Å². The summed E-state index contributed by atoms with van der Waals surface area (Å²) in [5, 5.41) is 24.4. The fraction of sp³-hybridized carbons (Fsp3) is 0.568. The number of Topliss-reactive ketones (excluding diaryl/α,β-unsaturated/α-hetero) is 1. The van der Waals surface area contributed by atoms with Crippen LogP contribution >= 0.6 is 0 Å². The largest absolute Gasteiger partial charge is 0.504 e. The third-order valence-electron chi connectivity index (χ3n) is 9.35. The van der Waals surface area contributed by atoms with E-state index in [1.807, 2.05) is 12.1 Å². The zero-order chi connectivity index (χ0) is 32.5. The molecule has 0 spiro atoms. The number of carbonyl (C=O) groups is 2. The van der Waals surface area contributed by atoms with Gasteiger partial charge in [-0.1, -0.05) is 38.8 Å². The molecule has 8 nitrogen and oxygen atoms in total. The van der Waals surface area contributed by atoms with Crippen molar-refractivity contribution in [1.29, 1.82) is 0 Å². The molecule has 8 heteroatoms. The lowest BCUT2D eigenvalue weighted by Crippen LogP contribution is -2.27. The number of fused-ring (bicyclic) bond motifs is 2. The first-order valence-corrected chi connectivity index (χ1v) is 16.5. The Morgan fingerprint density at radius 1 is 0.978 bits per heavy atom. The van der Waals surface area contributed by atoms with E-state index in [0.29, 0.717) is 55.1 Å². The first-order chi connectivity index (χ1) is 21.6. The van der Waals surface area contributed by atoms with Gasteiger partial charge >= 0.3 is 5.97 Å². The molecule has 0 heterocycles. The van der Waals surface area contributed by atoms with Crippen molar-refractivity contribution in [3.8, 4) is 23.0 Å². The highest BCUT2D eigenvalue weighted by Crippen LogP contribution is 2.50. The number of ketones is 1. The monoisotopic (exact) mass is 621 g/mol. The third-order valence-corrected chi connectivity index (χ3v) is 9.35. The van der Waals surface area contributed by atoms with Crippen LogP contribution in [0.1, 0.15) is 94.7 Å². The molecule has 0 bridgehead atoms. The maximum Gasteiger partial charge on any atom is 0.302 e. The Kier molecular flexibility index (Phi) is 12.3. The number of hydrogen-bond donors (Lipinski definition) is 3. The molecule has 246 valence electrons. The number of hydrogen-bond acceptors (Lipinski definition) is 8. The molecule has 0 aromatic heterocycles. The summed E-state index contributed by atoms with van der Waals surface area (Å²) in [6.45, 7) is 7.42. The SMILES string of the molecule is COc1cc(CC[C@H](CC(=O)C[C@H]2c3cc(OC)c(O)cc3C(CNCCC(C)C)=C[C@H]3CCCC[C@@H]32)OC(C)=O)ccc1O. The van der Waals surface area contributed by atoms with Crippen LogP contribution in [0.25, 0.3) is 5.57 Å². The van der Waals surface area contributed by atoms with E-state index in [-0.39, 0.29) is 29.6 Å². The number of allylic oxidation sites excluding steroid dienone is 1. The zero-order valence-electron chi connectivity index (χ0n) is 27.6. The molecule has 2 aromatic carbocycles. The summed E-state index contributed by atoms with van der Waals surface area (Å²) in [6, 6.07) is 8.90. The summed E-state index contributed by atoms with van der Waals surface area (Å²) >= 11 is 0. The Bertz CT molecular complexity index is 1350. The van der Waals surface area contributed by atoms with Crippen molar-refractivity contribution in [3.63, 3.8) is 0 Å². The molecule has 1 fully saturated rings. The van der Waals surface area contributed by atoms with E-state index < -0.39 is 12.1 Å². The van der Waals surface area contributed by atoms with E-state index in [1.165, 1.54) is 19.6 Å². The van der Waals surface area contributed by atoms with Crippen LogP contribution in [0.5, 0.6) is 23.0 Å².